The highest BCUT2D eigenvalue weighted by molar-refractivity contribution is 5.73. The zero-order chi connectivity index (χ0) is 11.3. The second kappa shape index (κ2) is 5.48. The topological polar surface area (TPSA) is 75.3 Å². The Hall–Kier alpha value is -1.39. The third-order valence-corrected chi connectivity index (χ3v) is 2.13. The molecule has 0 radical (unpaired) electrons. The van der Waals surface area contributed by atoms with Crippen LogP contribution in [0, 0.1) is 0 Å². The monoisotopic (exact) mass is 208 g/mol. The van der Waals surface area contributed by atoms with E-state index in [2.05, 4.69) is 5.32 Å². The Balaban J connectivity index is 2.86. The van der Waals surface area contributed by atoms with Crippen LogP contribution in [0.4, 0.5) is 5.69 Å². The van der Waals surface area contributed by atoms with E-state index in [-0.39, 0.29) is 6.04 Å². The van der Waals surface area contributed by atoms with Crippen LogP contribution in [0.3, 0.4) is 0 Å². The van der Waals surface area contributed by atoms with Gasteiger partial charge in [0, 0.05) is 17.3 Å². The molecular weight excluding hydrogens is 192 g/mol. The molecule has 0 aliphatic heterocycles. The quantitative estimate of drug-likeness (QED) is 0.632. The summed E-state index contributed by atoms with van der Waals surface area (Å²) >= 11 is 0. The minimum Gasteiger partial charge on any atom is -0.388 e. The van der Waals surface area contributed by atoms with Crippen molar-refractivity contribution in [2.24, 2.45) is 5.73 Å². The zero-order valence-corrected chi connectivity index (χ0v) is 8.68. The molecule has 4 nitrogen and oxygen atoms in total. The van der Waals surface area contributed by atoms with Gasteiger partial charge in [0.25, 0.3) is 0 Å². The minimum absolute atomic E-state index is 0.0794. The number of carbonyl (C=O) groups excluding carboxylic acids is 1. The number of hydrogen-bond acceptors (Lipinski definition) is 3. The normalized spacial score (nSPS) is 14.3. The lowest BCUT2D eigenvalue weighted by Crippen LogP contribution is -2.19. The molecule has 0 saturated carbocycles. The van der Waals surface area contributed by atoms with Gasteiger partial charge in [0.05, 0.1) is 6.10 Å². The third-order valence-electron chi connectivity index (χ3n) is 2.13. The molecule has 15 heavy (non-hydrogen) atoms. The van der Waals surface area contributed by atoms with E-state index in [9.17, 15) is 9.90 Å². The van der Waals surface area contributed by atoms with Crippen molar-refractivity contribution in [3.63, 3.8) is 0 Å². The third kappa shape index (κ3) is 3.34. The summed E-state index contributed by atoms with van der Waals surface area (Å²) in [4.78, 5) is 10.4. The fraction of sp³-hybridized carbons (Fsp3) is 0.364. The van der Waals surface area contributed by atoms with Gasteiger partial charge in [-0.25, -0.2) is 0 Å². The highest BCUT2D eigenvalue weighted by Crippen LogP contribution is 2.25. The predicted octanol–water partition coefficient (Wildman–Crippen LogP) is 1.03. The van der Waals surface area contributed by atoms with E-state index in [4.69, 9.17) is 5.73 Å². The average molecular weight is 208 g/mol. The van der Waals surface area contributed by atoms with Crippen LogP contribution in [0.1, 0.15) is 25.0 Å². The number of benzene rings is 1. The maximum atomic E-state index is 10.4. The fourth-order valence-electron chi connectivity index (χ4n) is 1.46. The number of aliphatic hydroxyl groups excluding tert-OH is 1. The van der Waals surface area contributed by atoms with Gasteiger partial charge in [-0.3, -0.25) is 4.79 Å². The highest BCUT2D eigenvalue weighted by Gasteiger charge is 2.13. The Kier molecular flexibility index (Phi) is 4.27. The Labute approximate surface area is 89.1 Å². The lowest BCUT2D eigenvalue weighted by molar-refractivity contribution is -0.105. The van der Waals surface area contributed by atoms with Gasteiger partial charge < -0.3 is 16.2 Å². The summed E-state index contributed by atoms with van der Waals surface area (Å²) in [6.45, 7) is 1.83. The van der Waals surface area contributed by atoms with Gasteiger partial charge in [-0.1, -0.05) is 18.2 Å². The van der Waals surface area contributed by atoms with Crippen LogP contribution in [0.2, 0.25) is 0 Å². The zero-order valence-electron chi connectivity index (χ0n) is 8.68. The van der Waals surface area contributed by atoms with E-state index in [1.54, 1.807) is 18.2 Å². The van der Waals surface area contributed by atoms with Crippen LogP contribution in [0.25, 0.3) is 0 Å². The maximum Gasteiger partial charge on any atom is 0.211 e. The number of anilines is 1. The SMILES string of the molecule is CC(N)CC(O)c1ccccc1NC=O. The van der Waals surface area contributed by atoms with Gasteiger partial charge in [0.15, 0.2) is 0 Å². The van der Waals surface area contributed by atoms with E-state index in [0.29, 0.717) is 24.1 Å². The number of amides is 1. The number of nitrogens with two attached hydrogens (primary N) is 1. The van der Waals surface area contributed by atoms with Gasteiger partial charge in [-0.15, -0.1) is 0 Å². The van der Waals surface area contributed by atoms with Crippen molar-refractivity contribution in [1.29, 1.82) is 0 Å². The van der Waals surface area contributed by atoms with E-state index < -0.39 is 6.10 Å². The second-order valence-electron chi connectivity index (χ2n) is 3.58. The smallest absolute Gasteiger partial charge is 0.211 e. The minimum atomic E-state index is -0.645. The molecule has 0 aliphatic carbocycles. The van der Waals surface area contributed by atoms with E-state index >= 15 is 0 Å². The summed E-state index contributed by atoms with van der Waals surface area (Å²) in [5, 5.41) is 12.4. The first kappa shape index (κ1) is 11.7. The molecule has 0 aromatic heterocycles. The molecule has 0 bridgehead atoms. The van der Waals surface area contributed by atoms with Crippen molar-refractivity contribution >= 4 is 12.1 Å². The molecule has 0 aliphatic rings. The fourth-order valence-corrected chi connectivity index (χ4v) is 1.46. The largest absolute Gasteiger partial charge is 0.388 e. The van der Waals surface area contributed by atoms with E-state index in [0.717, 1.165) is 0 Å². The average Bonchev–Trinajstić information content (AvgIpc) is 2.18. The molecule has 1 amide bonds. The predicted molar refractivity (Wildman–Crippen MR) is 59.4 cm³/mol. The first-order valence-electron chi connectivity index (χ1n) is 4.88. The molecule has 0 saturated heterocycles. The number of para-hydroxylation sites is 1. The van der Waals surface area contributed by atoms with Crippen LogP contribution in [0.5, 0.6) is 0 Å². The highest BCUT2D eigenvalue weighted by atomic mass is 16.3. The molecule has 1 rings (SSSR count). The number of aliphatic hydroxyl groups is 1. The van der Waals surface area contributed by atoms with Crippen LogP contribution >= 0.6 is 0 Å². The number of hydrogen-bond donors (Lipinski definition) is 3. The molecule has 1 aromatic carbocycles. The molecule has 4 heteroatoms. The summed E-state index contributed by atoms with van der Waals surface area (Å²) < 4.78 is 0. The molecule has 82 valence electrons. The molecule has 0 heterocycles. The van der Waals surface area contributed by atoms with Crippen molar-refractivity contribution in [1.82, 2.24) is 0 Å². The first-order chi connectivity index (χ1) is 7.15. The van der Waals surface area contributed by atoms with Gasteiger partial charge in [0.2, 0.25) is 6.41 Å². The Morgan fingerprint density at radius 3 is 2.80 bits per heavy atom. The number of rotatable bonds is 5. The lowest BCUT2D eigenvalue weighted by atomic mass is 10.0. The van der Waals surface area contributed by atoms with Crippen molar-refractivity contribution in [2.45, 2.75) is 25.5 Å². The lowest BCUT2D eigenvalue weighted by Gasteiger charge is -2.16. The molecule has 1 aromatic rings. The summed E-state index contributed by atoms with van der Waals surface area (Å²) in [5.74, 6) is 0. The number of carbonyl (C=O) groups is 1. The van der Waals surface area contributed by atoms with Crippen LogP contribution in [0.15, 0.2) is 24.3 Å². The molecule has 0 fully saturated rings. The summed E-state index contributed by atoms with van der Waals surface area (Å²) in [6, 6.07) is 7.06. The van der Waals surface area contributed by atoms with Crippen LogP contribution in [-0.2, 0) is 4.79 Å². The van der Waals surface area contributed by atoms with Crippen molar-refractivity contribution in [3.05, 3.63) is 29.8 Å². The van der Waals surface area contributed by atoms with Gasteiger partial charge in [0.1, 0.15) is 0 Å². The van der Waals surface area contributed by atoms with Crippen molar-refractivity contribution in [2.75, 3.05) is 5.32 Å². The summed E-state index contributed by atoms with van der Waals surface area (Å²) in [5.41, 5.74) is 6.93. The van der Waals surface area contributed by atoms with Crippen LogP contribution in [-0.4, -0.2) is 17.6 Å². The molecule has 0 spiro atoms. The van der Waals surface area contributed by atoms with Crippen molar-refractivity contribution < 1.29 is 9.90 Å². The Bertz CT molecular complexity index is 326. The first-order valence-corrected chi connectivity index (χ1v) is 4.88. The van der Waals surface area contributed by atoms with E-state index in [1.807, 2.05) is 13.0 Å². The summed E-state index contributed by atoms with van der Waals surface area (Å²) in [7, 11) is 0. The Morgan fingerprint density at radius 2 is 2.20 bits per heavy atom. The maximum absolute atomic E-state index is 10.4. The standard InChI is InChI=1S/C11H16N2O2/c1-8(12)6-11(15)9-4-2-3-5-10(9)13-7-14/h2-5,7-8,11,15H,6,12H2,1H3,(H,13,14). The van der Waals surface area contributed by atoms with Gasteiger partial charge >= 0.3 is 0 Å². The van der Waals surface area contributed by atoms with E-state index in [1.165, 1.54) is 0 Å². The molecule has 4 N–H and O–H groups in total. The van der Waals surface area contributed by atoms with Gasteiger partial charge in [-0.2, -0.15) is 0 Å². The van der Waals surface area contributed by atoms with Crippen molar-refractivity contribution in [3.8, 4) is 0 Å². The number of nitrogens with one attached hydrogen (secondary N) is 1. The Morgan fingerprint density at radius 1 is 1.53 bits per heavy atom. The summed E-state index contributed by atoms with van der Waals surface area (Å²) in [6.07, 6.45) is 0.420. The van der Waals surface area contributed by atoms with Gasteiger partial charge in [-0.05, 0) is 19.4 Å². The second-order valence-corrected chi connectivity index (χ2v) is 3.58. The van der Waals surface area contributed by atoms with Crippen LogP contribution < -0.4 is 11.1 Å². The molecule has 2 atom stereocenters. The molecular formula is C11H16N2O2. The molecule has 2 unspecified atom stereocenters.